The van der Waals surface area contributed by atoms with Crippen LogP contribution in [0.15, 0.2) is 12.7 Å². The molecule has 70 valence electrons. The summed E-state index contributed by atoms with van der Waals surface area (Å²) >= 11 is 0. The van der Waals surface area contributed by atoms with Crippen LogP contribution >= 0.6 is 0 Å². The van der Waals surface area contributed by atoms with E-state index in [1.807, 2.05) is 0 Å². The maximum Gasteiger partial charge on any atom is 0.325 e. The Balaban J connectivity index is 3.98. The Bertz CT molecular complexity index is 164. The first-order valence-electron chi connectivity index (χ1n) is 4.11. The Morgan fingerprint density at radius 1 is 1.75 bits per heavy atom. The SMILES string of the molecule is C=CCCC(C)(N)C(=O)OCC. The van der Waals surface area contributed by atoms with Crippen molar-refractivity contribution in [2.45, 2.75) is 32.2 Å². The van der Waals surface area contributed by atoms with Crippen molar-refractivity contribution in [3.63, 3.8) is 0 Å². The van der Waals surface area contributed by atoms with Crippen LogP contribution in [0.1, 0.15) is 26.7 Å². The average molecular weight is 171 g/mol. The zero-order chi connectivity index (χ0) is 9.61. The highest BCUT2D eigenvalue weighted by molar-refractivity contribution is 5.79. The summed E-state index contributed by atoms with van der Waals surface area (Å²) in [5, 5.41) is 0. The number of rotatable bonds is 5. The van der Waals surface area contributed by atoms with Crippen LogP contribution in [0.5, 0.6) is 0 Å². The Labute approximate surface area is 73.6 Å². The largest absolute Gasteiger partial charge is 0.465 e. The molecule has 3 heteroatoms. The van der Waals surface area contributed by atoms with E-state index < -0.39 is 5.54 Å². The van der Waals surface area contributed by atoms with Gasteiger partial charge in [-0.2, -0.15) is 0 Å². The van der Waals surface area contributed by atoms with Gasteiger partial charge >= 0.3 is 5.97 Å². The third kappa shape index (κ3) is 3.53. The zero-order valence-electron chi connectivity index (χ0n) is 7.80. The maximum absolute atomic E-state index is 11.2. The predicted molar refractivity (Wildman–Crippen MR) is 48.7 cm³/mol. The van der Waals surface area contributed by atoms with Crippen molar-refractivity contribution in [1.29, 1.82) is 0 Å². The first-order chi connectivity index (χ1) is 5.54. The summed E-state index contributed by atoms with van der Waals surface area (Å²) in [5.41, 5.74) is 4.84. The molecule has 0 radical (unpaired) electrons. The van der Waals surface area contributed by atoms with E-state index in [0.717, 1.165) is 6.42 Å². The number of carbonyl (C=O) groups is 1. The molecule has 0 aromatic carbocycles. The molecule has 1 unspecified atom stereocenters. The molecule has 0 aliphatic carbocycles. The lowest BCUT2D eigenvalue weighted by Gasteiger charge is -2.21. The average Bonchev–Trinajstić information content (AvgIpc) is 2.01. The molecular formula is C9H17NO2. The standard InChI is InChI=1S/C9H17NO2/c1-4-6-7-9(3,10)8(11)12-5-2/h4H,1,5-7,10H2,2-3H3. The molecule has 0 aromatic rings. The molecule has 0 bridgehead atoms. The Kier molecular flexibility index (Phi) is 4.59. The smallest absolute Gasteiger partial charge is 0.325 e. The lowest BCUT2D eigenvalue weighted by molar-refractivity contribution is -0.149. The van der Waals surface area contributed by atoms with Crippen LogP contribution in [0, 0.1) is 0 Å². The van der Waals surface area contributed by atoms with E-state index in [1.165, 1.54) is 0 Å². The van der Waals surface area contributed by atoms with Gasteiger partial charge < -0.3 is 10.5 Å². The maximum atomic E-state index is 11.2. The van der Waals surface area contributed by atoms with E-state index in [9.17, 15) is 4.79 Å². The van der Waals surface area contributed by atoms with Crippen LogP contribution in [-0.4, -0.2) is 18.1 Å². The Hall–Kier alpha value is -0.830. The van der Waals surface area contributed by atoms with Gasteiger partial charge in [0.25, 0.3) is 0 Å². The molecule has 0 aromatic heterocycles. The highest BCUT2D eigenvalue weighted by Crippen LogP contribution is 2.10. The summed E-state index contributed by atoms with van der Waals surface area (Å²) < 4.78 is 4.81. The van der Waals surface area contributed by atoms with Crippen LogP contribution in [0.4, 0.5) is 0 Å². The number of ether oxygens (including phenoxy) is 1. The topological polar surface area (TPSA) is 52.3 Å². The lowest BCUT2D eigenvalue weighted by atomic mass is 9.97. The number of carbonyl (C=O) groups excluding carboxylic acids is 1. The van der Waals surface area contributed by atoms with Gasteiger partial charge in [0, 0.05) is 0 Å². The van der Waals surface area contributed by atoms with Gasteiger partial charge in [0.1, 0.15) is 5.54 Å². The van der Waals surface area contributed by atoms with E-state index in [0.29, 0.717) is 13.0 Å². The van der Waals surface area contributed by atoms with Gasteiger partial charge in [0.2, 0.25) is 0 Å². The Morgan fingerprint density at radius 2 is 2.33 bits per heavy atom. The minimum atomic E-state index is -0.871. The fourth-order valence-electron chi connectivity index (χ4n) is 0.800. The number of esters is 1. The van der Waals surface area contributed by atoms with E-state index >= 15 is 0 Å². The van der Waals surface area contributed by atoms with Crippen LogP contribution in [0.3, 0.4) is 0 Å². The minimum absolute atomic E-state index is 0.341. The molecule has 0 spiro atoms. The van der Waals surface area contributed by atoms with Gasteiger partial charge in [-0.3, -0.25) is 4.79 Å². The summed E-state index contributed by atoms with van der Waals surface area (Å²) in [7, 11) is 0. The van der Waals surface area contributed by atoms with Gasteiger partial charge in [-0.05, 0) is 26.7 Å². The van der Waals surface area contributed by atoms with Crippen molar-refractivity contribution in [2.24, 2.45) is 5.73 Å². The second-order valence-corrected chi connectivity index (χ2v) is 2.97. The van der Waals surface area contributed by atoms with E-state index in [2.05, 4.69) is 6.58 Å². The van der Waals surface area contributed by atoms with Gasteiger partial charge in [0.05, 0.1) is 6.61 Å². The van der Waals surface area contributed by atoms with Gasteiger partial charge in [-0.15, -0.1) is 6.58 Å². The summed E-state index contributed by atoms with van der Waals surface area (Å²) in [4.78, 5) is 11.2. The quantitative estimate of drug-likeness (QED) is 0.500. The van der Waals surface area contributed by atoms with Crippen LogP contribution in [-0.2, 0) is 9.53 Å². The first-order valence-corrected chi connectivity index (χ1v) is 4.11. The first kappa shape index (κ1) is 11.2. The molecule has 0 rings (SSSR count). The molecule has 0 fully saturated rings. The van der Waals surface area contributed by atoms with Crippen molar-refractivity contribution < 1.29 is 9.53 Å². The molecule has 2 N–H and O–H groups in total. The van der Waals surface area contributed by atoms with Crippen LogP contribution in [0.2, 0.25) is 0 Å². The van der Waals surface area contributed by atoms with Gasteiger partial charge in [0.15, 0.2) is 0 Å². The molecule has 0 heterocycles. The summed E-state index contributed by atoms with van der Waals surface area (Å²) in [6.45, 7) is 7.38. The highest BCUT2D eigenvalue weighted by atomic mass is 16.5. The third-order valence-corrected chi connectivity index (χ3v) is 1.61. The molecule has 0 aliphatic heterocycles. The Morgan fingerprint density at radius 3 is 2.75 bits per heavy atom. The van der Waals surface area contributed by atoms with E-state index in [1.54, 1.807) is 19.9 Å². The van der Waals surface area contributed by atoms with Gasteiger partial charge in [-0.1, -0.05) is 6.08 Å². The fraction of sp³-hybridized carbons (Fsp3) is 0.667. The number of allylic oxidation sites excluding steroid dienone is 1. The van der Waals surface area contributed by atoms with Crippen molar-refractivity contribution in [3.05, 3.63) is 12.7 Å². The minimum Gasteiger partial charge on any atom is -0.465 e. The van der Waals surface area contributed by atoms with E-state index in [4.69, 9.17) is 10.5 Å². The fourth-order valence-corrected chi connectivity index (χ4v) is 0.800. The summed E-state index contributed by atoms with van der Waals surface area (Å²) in [6, 6.07) is 0. The molecule has 0 saturated heterocycles. The second kappa shape index (κ2) is 4.93. The van der Waals surface area contributed by atoms with Crippen molar-refractivity contribution >= 4 is 5.97 Å². The lowest BCUT2D eigenvalue weighted by Crippen LogP contribution is -2.45. The van der Waals surface area contributed by atoms with Crippen molar-refractivity contribution in [1.82, 2.24) is 0 Å². The molecule has 3 nitrogen and oxygen atoms in total. The normalized spacial score (nSPS) is 14.9. The van der Waals surface area contributed by atoms with Crippen LogP contribution in [0.25, 0.3) is 0 Å². The molecular weight excluding hydrogens is 154 g/mol. The number of hydrogen-bond donors (Lipinski definition) is 1. The van der Waals surface area contributed by atoms with Crippen molar-refractivity contribution in [2.75, 3.05) is 6.61 Å². The molecule has 0 aliphatic rings. The zero-order valence-corrected chi connectivity index (χ0v) is 7.80. The predicted octanol–water partition coefficient (Wildman–Crippen LogP) is 1.23. The number of nitrogens with two attached hydrogens (primary N) is 1. The number of hydrogen-bond acceptors (Lipinski definition) is 3. The van der Waals surface area contributed by atoms with Gasteiger partial charge in [-0.25, -0.2) is 0 Å². The molecule has 0 amide bonds. The molecule has 1 atom stereocenters. The third-order valence-electron chi connectivity index (χ3n) is 1.61. The second-order valence-electron chi connectivity index (χ2n) is 2.97. The van der Waals surface area contributed by atoms with Crippen LogP contribution < -0.4 is 5.73 Å². The van der Waals surface area contributed by atoms with E-state index in [-0.39, 0.29) is 5.97 Å². The van der Waals surface area contributed by atoms with Crippen molar-refractivity contribution in [3.8, 4) is 0 Å². The summed E-state index contributed by atoms with van der Waals surface area (Å²) in [5.74, 6) is -0.341. The molecule has 12 heavy (non-hydrogen) atoms. The highest BCUT2D eigenvalue weighted by Gasteiger charge is 2.28. The molecule has 0 saturated carbocycles. The summed E-state index contributed by atoms with van der Waals surface area (Å²) in [6.07, 6.45) is 3.05. The monoisotopic (exact) mass is 171 g/mol.